The van der Waals surface area contributed by atoms with E-state index in [1.165, 1.54) is 5.56 Å². The van der Waals surface area contributed by atoms with Crippen LogP contribution in [0.1, 0.15) is 23.0 Å². The summed E-state index contributed by atoms with van der Waals surface area (Å²) in [5.74, 6) is -0.546. The van der Waals surface area contributed by atoms with Crippen molar-refractivity contribution in [3.63, 3.8) is 0 Å². The number of hydrogen-bond donors (Lipinski definition) is 1. The van der Waals surface area contributed by atoms with Crippen LogP contribution in [0.2, 0.25) is 0 Å². The molecule has 1 fully saturated rings. The topological polar surface area (TPSA) is 112 Å². The van der Waals surface area contributed by atoms with Crippen LogP contribution in [0.25, 0.3) is 0 Å². The maximum atomic E-state index is 10.1. The molecular weight excluding hydrogens is 374 g/mol. The van der Waals surface area contributed by atoms with Gasteiger partial charge in [-0.25, -0.2) is 0 Å². The van der Waals surface area contributed by atoms with E-state index in [9.17, 15) is 15.8 Å². The Morgan fingerprint density at radius 1 is 1.13 bits per heavy atom. The monoisotopic (exact) mass is 395 g/mol. The molecule has 0 radical (unpaired) electrons. The minimum atomic E-state index is -1.73. The van der Waals surface area contributed by atoms with Gasteiger partial charge in [0, 0.05) is 25.6 Å². The summed E-state index contributed by atoms with van der Waals surface area (Å²) in [7, 11) is 0. The van der Waals surface area contributed by atoms with Gasteiger partial charge in [-0.2, -0.15) is 15.8 Å². The average Bonchev–Trinajstić information content (AvgIpc) is 3.19. The van der Waals surface area contributed by atoms with Gasteiger partial charge >= 0.3 is 0 Å². The molecule has 1 saturated carbocycles. The van der Waals surface area contributed by atoms with E-state index in [-0.39, 0.29) is 11.6 Å². The number of nitrogens with zero attached hydrogens (tertiary/aromatic N) is 4. The van der Waals surface area contributed by atoms with Crippen molar-refractivity contribution in [2.75, 3.05) is 13.1 Å². The summed E-state index contributed by atoms with van der Waals surface area (Å²) in [5.41, 5.74) is 0.120. The van der Waals surface area contributed by atoms with Gasteiger partial charge in [0.25, 0.3) is 0 Å². The van der Waals surface area contributed by atoms with Crippen molar-refractivity contribution >= 4 is 5.71 Å². The second-order valence-electron chi connectivity index (χ2n) is 7.92. The van der Waals surface area contributed by atoms with Crippen molar-refractivity contribution in [3.05, 3.63) is 71.2 Å². The van der Waals surface area contributed by atoms with E-state index < -0.39 is 17.3 Å². The van der Waals surface area contributed by atoms with Crippen LogP contribution in [0.4, 0.5) is 0 Å². The van der Waals surface area contributed by atoms with Crippen LogP contribution in [0.5, 0.6) is 0 Å². The lowest BCUT2D eigenvalue weighted by molar-refractivity contribution is 0.185. The molecule has 0 spiro atoms. The lowest BCUT2D eigenvalue weighted by Gasteiger charge is -2.46. The lowest BCUT2D eigenvalue weighted by atomic mass is 9.55. The zero-order valence-corrected chi connectivity index (χ0v) is 16.7. The van der Waals surface area contributed by atoms with Gasteiger partial charge in [-0.15, -0.1) is 0 Å². The maximum absolute atomic E-state index is 10.1. The Balaban J connectivity index is 1.80. The number of furan rings is 1. The molecule has 2 heterocycles. The predicted molar refractivity (Wildman–Crippen MR) is 110 cm³/mol. The second-order valence-corrected chi connectivity index (χ2v) is 7.92. The van der Waals surface area contributed by atoms with Crippen LogP contribution in [0.3, 0.4) is 0 Å². The molecule has 6 nitrogen and oxygen atoms in total. The molecule has 0 amide bonds. The summed E-state index contributed by atoms with van der Waals surface area (Å²) in [4.78, 5) is 2.25. The fourth-order valence-corrected chi connectivity index (χ4v) is 4.76. The van der Waals surface area contributed by atoms with Gasteiger partial charge in [-0.05, 0) is 30.2 Å². The highest BCUT2D eigenvalue weighted by Gasteiger charge is 2.58. The Morgan fingerprint density at radius 2 is 1.87 bits per heavy atom. The van der Waals surface area contributed by atoms with Crippen LogP contribution >= 0.6 is 0 Å². The molecule has 0 bridgehead atoms. The molecule has 1 aliphatic heterocycles. The smallest absolute Gasteiger partial charge is 0.192 e. The van der Waals surface area contributed by atoms with E-state index in [1.54, 1.807) is 6.07 Å². The third-order valence-electron chi connectivity index (χ3n) is 6.18. The Kier molecular flexibility index (Phi) is 5.00. The number of benzene rings is 1. The normalized spacial score (nSPS) is 25.3. The highest BCUT2D eigenvalue weighted by Crippen LogP contribution is 2.53. The van der Waals surface area contributed by atoms with Gasteiger partial charge in [-0.3, -0.25) is 4.90 Å². The standard InChI is InChI=1S/C24H21N5O/c1-16-7-8-21(30-16)22-20-13-29(12-17-5-3-2-4-6-17)10-9-18(20)19(11-25)23(28)24(22,14-26)15-27/h2-9,19-20,22,28H,10,12-13H2,1H3/t19-,20-,22+/m1/s1. The maximum Gasteiger partial charge on any atom is 0.192 e. The first-order valence-corrected chi connectivity index (χ1v) is 9.87. The van der Waals surface area contributed by atoms with Gasteiger partial charge in [-0.1, -0.05) is 36.4 Å². The van der Waals surface area contributed by atoms with E-state index >= 15 is 0 Å². The highest BCUT2D eigenvalue weighted by atomic mass is 16.3. The first-order valence-electron chi connectivity index (χ1n) is 9.87. The molecule has 3 atom stereocenters. The third-order valence-corrected chi connectivity index (χ3v) is 6.18. The number of rotatable bonds is 3. The zero-order valence-electron chi connectivity index (χ0n) is 16.7. The SMILES string of the molecule is Cc1ccc([C@@H]2[C@@H]3CN(Cc4ccccc4)CC=C3[C@@H](C#N)C(=N)C2(C#N)C#N)o1. The molecule has 30 heavy (non-hydrogen) atoms. The van der Waals surface area contributed by atoms with Crippen molar-refractivity contribution < 1.29 is 4.42 Å². The van der Waals surface area contributed by atoms with Crippen molar-refractivity contribution in [3.8, 4) is 18.2 Å². The Morgan fingerprint density at radius 3 is 2.47 bits per heavy atom. The molecule has 4 rings (SSSR count). The molecule has 1 aliphatic carbocycles. The molecular formula is C24H21N5O. The van der Waals surface area contributed by atoms with E-state index in [2.05, 4.69) is 35.2 Å². The van der Waals surface area contributed by atoms with Crippen LogP contribution in [-0.4, -0.2) is 23.7 Å². The fraction of sp³-hybridized carbons (Fsp3) is 0.333. The zero-order chi connectivity index (χ0) is 21.3. The summed E-state index contributed by atoms with van der Waals surface area (Å²) < 4.78 is 5.87. The average molecular weight is 395 g/mol. The van der Waals surface area contributed by atoms with Crippen LogP contribution in [0.15, 0.2) is 58.5 Å². The van der Waals surface area contributed by atoms with E-state index in [1.807, 2.05) is 37.3 Å². The Bertz CT molecular complexity index is 1110. The number of hydrogen-bond acceptors (Lipinski definition) is 6. The quantitative estimate of drug-likeness (QED) is 0.791. The van der Waals surface area contributed by atoms with Crippen molar-refractivity contribution in [1.82, 2.24) is 4.90 Å². The summed E-state index contributed by atoms with van der Waals surface area (Å²) in [6.45, 7) is 3.78. The fourth-order valence-electron chi connectivity index (χ4n) is 4.76. The molecule has 6 heteroatoms. The minimum absolute atomic E-state index is 0.145. The number of nitriles is 3. The first-order chi connectivity index (χ1) is 14.5. The number of fused-ring (bicyclic) bond motifs is 1. The van der Waals surface area contributed by atoms with E-state index in [4.69, 9.17) is 9.83 Å². The molecule has 1 N–H and O–H groups in total. The van der Waals surface area contributed by atoms with Gasteiger partial charge in [0.05, 0.1) is 29.8 Å². The molecule has 148 valence electrons. The third kappa shape index (κ3) is 3.01. The second kappa shape index (κ2) is 7.64. The van der Waals surface area contributed by atoms with Gasteiger partial charge in [0.15, 0.2) is 5.41 Å². The minimum Gasteiger partial charge on any atom is -0.466 e. The largest absolute Gasteiger partial charge is 0.466 e. The number of aryl methyl sites for hydroxylation is 1. The van der Waals surface area contributed by atoms with E-state index in [0.717, 1.165) is 12.1 Å². The van der Waals surface area contributed by atoms with Crippen molar-refractivity contribution in [1.29, 1.82) is 21.2 Å². The van der Waals surface area contributed by atoms with Gasteiger partial charge in [0.1, 0.15) is 17.4 Å². The number of nitrogens with one attached hydrogen (secondary N) is 1. The Hall–Kier alpha value is -3.66. The van der Waals surface area contributed by atoms with Gasteiger partial charge in [0.2, 0.25) is 0 Å². The van der Waals surface area contributed by atoms with Crippen LogP contribution in [-0.2, 0) is 6.54 Å². The molecule has 1 aromatic heterocycles. The summed E-state index contributed by atoms with van der Waals surface area (Å²) in [5, 5.41) is 38.5. The summed E-state index contributed by atoms with van der Waals surface area (Å²) in [6, 6.07) is 20.1. The highest BCUT2D eigenvalue weighted by molar-refractivity contribution is 6.00. The summed E-state index contributed by atoms with van der Waals surface area (Å²) in [6.07, 6.45) is 2.00. The molecule has 0 saturated heterocycles. The van der Waals surface area contributed by atoms with E-state index in [0.29, 0.717) is 24.6 Å². The van der Waals surface area contributed by atoms with Gasteiger partial charge < -0.3 is 9.83 Å². The molecule has 1 aromatic carbocycles. The molecule has 2 aromatic rings. The molecule has 0 unspecified atom stereocenters. The van der Waals surface area contributed by atoms with Crippen LogP contribution < -0.4 is 0 Å². The molecule has 2 aliphatic rings. The first kappa shape index (κ1) is 19.6. The van der Waals surface area contributed by atoms with Crippen molar-refractivity contribution in [2.24, 2.45) is 17.3 Å². The Labute approximate surface area is 175 Å². The van der Waals surface area contributed by atoms with Crippen molar-refractivity contribution in [2.45, 2.75) is 19.4 Å². The van der Waals surface area contributed by atoms with Crippen LogP contribution in [0, 0.1) is 63.6 Å². The lowest BCUT2D eigenvalue weighted by Crippen LogP contribution is -2.52. The summed E-state index contributed by atoms with van der Waals surface area (Å²) >= 11 is 0. The predicted octanol–water partition coefficient (Wildman–Crippen LogP) is 3.94.